The molecule has 0 aromatic rings. The fourth-order valence-corrected chi connectivity index (χ4v) is 0.849. The van der Waals surface area contributed by atoms with E-state index in [4.69, 9.17) is 0 Å². The summed E-state index contributed by atoms with van der Waals surface area (Å²) in [5.74, 6) is -2.77. The largest absolute Gasteiger partial charge is 0.465 e. The van der Waals surface area contributed by atoms with Gasteiger partial charge in [0.05, 0.1) is 6.61 Å². The summed E-state index contributed by atoms with van der Waals surface area (Å²) in [4.78, 5) is 21.7. The number of Topliss-reactive ketones (excluding diaryl/α,β-unsaturated/α-hetero) is 1. The zero-order chi connectivity index (χ0) is 10.4. The molecular weight excluding hydrogens is 182 g/mol. The topological polar surface area (TPSA) is 43.4 Å². The van der Waals surface area contributed by atoms with Crippen LogP contribution in [0.3, 0.4) is 0 Å². The number of alkyl halides is 2. The van der Waals surface area contributed by atoms with E-state index in [1.54, 1.807) is 6.92 Å². The molecule has 0 saturated carbocycles. The number of rotatable bonds is 5. The SMILES string of the molecule is CCOC(=O)C(CC(F)F)C(C)=O. The standard InChI is InChI=1S/C8H12F2O3/c1-3-13-8(12)6(5(2)11)4-7(9)10/h6-7H,3-4H2,1-2H3. The Bertz CT molecular complexity index is 192. The summed E-state index contributed by atoms with van der Waals surface area (Å²) >= 11 is 0. The molecule has 3 nitrogen and oxygen atoms in total. The van der Waals surface area contributed by atoms with E-state index in [-0.39, 0.29) is 6.61 Å². The smallest absolute Gasteiger partial charge is 0.316 e. The van der Waals surface area contributed by atoms with Gasteiger partial charge in [0.25, 0.3) is 0 Å². The van der Waals surface area contributed by atoms with Crippen LogP contribution in [-0.4, -0.2) is 24.8 Å². The Hall–Kier alpha value is -1.00. The summed E-state index contributed by atoms with van der Waals surface area (Å²) in [5, 5.41) is 0. The van der Waals surface area contributed by atoms with Crippen molar-refractivity contribution in [3.63, 3.8) is 0 Å². The van der Waals surface area contributed by atoms with E-state index < -0.39 is 30.5 Å². The first-order valence-electron chi connectivity index (χ1n) is 3.94. The molecule has 1 atom stereocenters. The quantitative estimate of drug-likeness (QED) is 0.491. The van der Waals surface area contributed by atoms with Crippen molar-refractivity contribution in [1.82, 2.24) is 0 Å². The zero-order valence-corrected chi connectivity index (χ0v) is 7.55. The number of ether oxygens (including phenoxy) is 1. The highest BCUT2D eigenvalue weighted by molar-refractivity contribution is 5.97. The van der Waals surface area contributed by atoms with Gasteiger partial charge >= 0.3 is 5.97 Å². The fourth-order valence-electron chi connectivity index (χ4n) is 0.849. The molecule has 0 fully saturated rings. The van der Waals surface area contributed by atoms with Crippen molar-refractivity contribution in [3.05, 3.63) is 0 Å². The Labute approximate surface area is 75.1 Å². The number of hydrogen-bond acceptors (Lipinski definition) is 3. The van der Waals surface area contributed by atoms with E-state index in [0.717, 1.165) is 6.92 Å². The molecule has 13 heavy (non-hydrogen) atoms. The van der Waals surface area contributed by atoms with Crippen LogP contribution < -0.4 is 0 Å². The Morgan fingerprint density at radius 1 is 1.38 bits per heavy atom. The fraction of sp³-hybridized carbons (Fsp3) is 0.750. The molecule has 0 aliphatic rings. The highest BCUT2D eigenvalue weighted by atomic mass is 19.3. The van der Waals surface area contributed by atoms with Crippen molar-refractivity contribution in [3.8, 4) is 0 Å². The van der Waals surface area contributed by atoms with Crippen molar-refractivity contribution < 1.29 is 23.1 Å². The number of hydrogen-bond donors (Lipinski definition) is 0. The zero-order valence-electron chi connectivity index (χ0n) is 7.55. The summed E-state index contributed by atoms with van der Waals surface area (Å²) < 4.78 is 28.2. The first-order valence-corrected chi connectivity index (χ1v) is 3.94. The van der Waals surface area contributed by atoms with Crippen molar-refractivity contribution in [2.75, 3.05) is 6.61 Å². The normalized spacial score (nSPS) is 12.7. The van der Waals surface area contributed by atoms with Gasteiger partial charge in [-0.15, -0.1) is 0 Å². The molecule has 0 rings (SSSR count). The first-order chi connectivity index (χ1) is 5.99. The van der Waals surface area contributed by atoms with E-state index in [2.05, 4.69) is 4.74 Å². The molecule has 0 aliphatic carbocycles. The van der Waals surface area contributed by atoms with Gasteiger partial charge in [-0.2, -0.15) is 0 Å². The van der Waals surface area contributed by atoms with Gasteiger partial charge in [-0.1, -0.05) is 0 Å². The lowest BCUT2D eigenvalue weighted by Crippen LogP contribution is -2.26. The van der Waals surface area contributed by atoms with Crippen molar-refractivity contribution in [2.24, 2.45) is 5.92 Å². The molecule has 1 unspecified atom stereocenters. The van der Waals surface area contributed by atoms with Crippen LogP contribution in [0.15, 0.2) is 0 Å². The minimum absolute atomic E-state index is 0.0891. The Balaban J connectivity index is 4.24. The van der Waals surface area contributed by atoms with Crippen molar-refractivity contribution >= 4 is 11.8 Å². The van der Waals surface area contributed by atoms with Gasteiger partial charge in [0.2, 0.25) is 6.43 Å². The molecular formula is C8H12F2O3. The van der Waals surface area contributed by atoms with Gasteiger partial charge in [0.1, 0.15) is 11.7 Å². The van der Waals surface area contributed by atoms with E-state index in [0.29, 0.717) is 0 Å². The van der Waals surface area contributed by atoms with E-state index in [1.807, 2.05) is 0 Å². The van der Waals surface area contributed by atoms with Crippen LogP contribution in [0.4, 0.5) is 8.78 Å². The molecule has 0 spiro atoms. The second kappa shape index (κ2) is 5.61. The maximum atomic E-state index is 11.9. The van der Waals surface area contributed by atoms with E-state index in [9.17, 15) is 18.4 Å². The molecule has 0 aromatic carbocycles. The van der Waals surface area contributed by atoms with Gasteiger partial charge in [-0.05, 0) is 13.8 Å². The molecule has 0 saturated heterocycles. The summed E-state index contributed by atoms with van der Waals surface area (Å²) in [6.45, 7) is 2.74. The Morgan fingerprint density at radius 3 is 2.23 bits per heavy atom. The first kappa shape index (κ1) is 12.0. The minimum Gasteiger partial charge on any atom is -0.465 e. The van der Waals surface area contributed by atoms with Crippen molar-refractivity contribution in [2.45, 2.75) is 26.7 Å². The van der Waals surface area contributed by atoms with E-state index in [1.165, 1.54) is 0 Å². The summed E-state index contributed by atoms with van der Waals surface area (Å²) in [7, 11) is 0. The average molecular weight is 194 g/mol. The molecule has 0 radical (unpaired) electrons. The predicted molar refractivity (Wildman–Crippen MR) is 41.4 cm³/mol. The lowest BCUT2D eigenvalue weighted by Gasteiger charge is -2.11. The third-order valence-corrected chi connectivity index (χ3v) is 1.48. The predicted octanol–water partition coefficient (Wildman–Crippen LogP) is 1.41. The van der Waals surface area contributed by atoms with Crippen LogP contribution >= 0.6 is 0 Å². The minimum atomic E-state index is -2.67. The van der Waals surface area contributed by atoms with Crippen molar-refractivity contribution in [1.29, 1.82) is 0 Å². The number of ketones is 1. The van der Waals surface area contributed by atoms with Gasteiger partial charge in [-0.3, -0.25) is 9.59 Å². The Morgan fingerprint density at radius 2 is 1.92 bits per heavy atom. The molecule has 0 N–H and O–H groups in total. The third kappa shape index (κ3) is 4.55. The maximum Gasteiger partial charge on any atom is 0.316 e. The molecule has 0 aromatic heterocycles. The van der Waals surface area contributed by atoms with Crippen LogP contribution in [0.25, 0.3) is 0 Å². The molecule has 0 aliphatic heterocycles. The lowest BCUT2D eigenvalue weighted by atomic mass is 10.0. The van der Waals surface area contributed by atoms with Crippen LogP contribution in [0.1, 0.15) is 20.3 Å². The molecule has 76 valence electrons. The maximum absolute atomic E-state index is 11.9. The van der Waals surface area contributed by atoms with Gasteiger partial charge in [0, 0.05) is 6.42 Å². The van der Waals surface area contributed by atoms with Crippen LogP contribution in [0, 0.1) is 5.92 Å². The number of carbonyl (C=O) groups excluding carboxylic acids is 2. The van der Waals surface area contributed by atoms with Crippen LogP contribution in [0.2, 0.25) is 0 Å². The summed E-state index contributed by atoms with van der Waals surface area (Å²) in [5.41, 5.74) is 0. The average Bonchev–Trinajstić information content (AvgIpc) is 1.99. The van der Waals surface area contributed by atoms with Crippen LogP contribution in [-0.2, 0) is 14.3 Å². The molecule has 0 bridgehead atoms. The molecule has 5 heteroatoms. The summed E-state index contributed by atoms with van der Waals surface area (Å²) in [6, 6.07) is 0. The number of halogens is 2. The molecule has 0 heterocycles. The third-order valence-electron chi connectivity index (χ3n) is 1.48. The van der Waals surface area contributed by atoms with Gasteiger partial charge in [0.15, 0.2) is 0 Å². The molecule has 0 amide bonds. The van der Waals surface area contributed by atoms with Crippen LogP contribution in [0.5, 0.6) is 0 Å². The van der Waals surface area contributed by atoms with E-state index >= 15 is 0 Å². The second-order valence-corrected chi connectivity index (χ2v) is 2.54. The second-order valence-electron chi connectivity index (χ2n) is 2.54. The highest BCUT2D eigenvalue weighted by Gasteiger charge is 2.27. The summed E-state index contributed by atoms with van der Waals surface area (Å²) in [6.07, 6.45) is -3.42. The number of carbonyl (C=O) groups is 2. The lowest BCUT2D eigenvalue weighted by molar-refractivity contribution is -0.152. The number of esters is 1. The van der Waals surface area contributed by atoms with Gasteiger partial charge < -0.3 is 4.74 Å². The Kier molecular flexibility index (Phi) is 5.18. The van der Waals surface area contributed by atoms with Gasteiger partial charge in [-0.25, -0.2) is 8.78 Å². The monoisotopic (exact) mass is 194 g/mol. The highest BCUT2D eigenvalue weighted by Crippen LogP contribution is 2.13.